The third kappa shape index (κ3) is 4.47. The number of carbonyl (C=O) groups is 1. The summed E-state index contributed by atoms with van der Waals surface area (Å²) in [6.45, 7) is 2.56. The molecule has 0 saturated carbocycles. The minimum absolute atomic E-state index is 0.0464. The first kappa shape index (κ1) is 25.6. The van der Waals surface area contributed by atoms with E-state index >= 15 is 0 Å². The zero-order valence-corrected chi connectivity index (χ0v) is 22.0. The molecule has 0 radical (unpaired) electrons. The van der Waals surface area contributed by atoms with Crippen LogP contribution in [0.1, 0.15) is 32.7 Å². The molecule has 0 N–H and O–H groups in total. The maximum absolute atomic E-state index is 14.2. The Labute approximate surface area is 227 Å². The summed E-state index contributed by atoms with van der Waals surface area (Å²) in [5.41, 5.74) is 3.27. The second-order valence-corrected chi connectivity index (χ2v) is 9.90. The number of benzene rings is 2. The monoisotopic (exact) mass is 546 g/mol. The van der Waals surface area contributed by atoms with Gasteiger partial charge in [0.15, 0.2) is 5.69 Å². The number of hydrogen-bond donors (Lipinski definition) is 0. The number of aromatic nitrogens is 5. The summed E-state index contributed by atoms with van der Waals surface area (Å²) in [4.78, 5) is 24.4. The highest BCUT2D eigenvalue weighted by Crippen LogP contribution is 2.41. The average Bonchev–Trinajstić information content (AvgIpc) is 3.57. The fraction of sp³-hybridized carbons (Fsp3) is 0.241. The molecule has 40 heavy (non-hydrogen) atoms. The number of pyridine rings is 1. The number of halogens is 3. The van der Waals surface area contributed by atoms with Crippen LogP contribution in [-0.2, 0) is 26.2 Å². The quantitative estimate of drug-likeness (QED) is 0.294. The normalized spacial score (nSPS) is 13.7. The van der Waals surface area contributed by atoms with Crippen molar-refractivity contribution in [3.63, 3.8) is 0 Å². The second-order valence-electron chi connectivity index (χ2n) is 9.90. The van der Waals surface area contributed by atoms with Crippen molar-refractivity contribution in [2.75, 3.05) is 18.6 Å². The largest absolute Gasteiger partial charge is 0.495 e. The van der Waals surface area contributed by atoms with E-state index in [1.807, 2.05) is 25.1 Å². The molecule has 1 amide bonds. The van der Waals surface area contributed by atoms with Crippen molar-refractivity contribution >= 4 is 22.5 Å². The van der Waals surface area contributed by atoms with Crippen molar-refractivity contribution in [3.05, 3.63) is 89.4 Å². The van der Waals surface area contributed by atoms with Crippen LogP contribution in [0.5, 0.6) is 5.75 Å². The topological polar surface area (TPSA) is 78.1 Å². The molecule has 1 aliphatic rings. The van der Waals surface area contributed by atoms with Gasteiger partial charge in [0.25, 0.3) is 5.91 Å². The molecule has 11 heteroatoms. The average molecular weight is 547 g/mol. The Bertz CT molecular complexity index is 1760. The minimum atomic E-state index is -4.65. The number of anilines is 1. The van der Waals surface area contributed by atoms with Crippen molar-refractivity contribution in [2.24, 2.45) is 7.05 Å². The summed E-state index contributed by atoms with van der Waals surface area (Å²) in [5, 5.41) is 4.47. The van der Waals surface area contributed by atoms with Gasteiger partial charge < -0.3 is 14.2 Å². The smallest absolute Gasteiger partial charge is 0.435 e. The molecule has 3 aromatic heterocycles. The van der Waals surface area contributed by atoms with E-state index in [1.54, 1.807) is 53.6 Å². The lowest BCUT2D eigenvalue weighted by atomic mass is 9.87. The first-order valence-corrected chi connectivity index (χ1v) is 12.6. The number of imidazole rings is 1. The molecule has 0 saturated heterocycles. The molecule has 8 nitrogen and oxygen atoms in total. The highest BCUT2D eigenvalue weighted by Gasteiger charge is 2.39. The predicted octanol–water partition coefficient (Wildman–Crippen LogP) is 5.42. The molecule has 6 rings (SSSR count). The van der Waals surface area contributed by atoms with Gasteiger partial charge >= 0.3 is 6.18 Å². The van der Waals surface area contributed by atoms with Gasteiger partial charge in [-0.05, 0) is 65.9 Å². The lowest BCUT2D eigenvalue weighted by Crippen LogP contribution is -2.38. The summed E-state index contributed by atoms with van der Waals surface area (Å²) in [6, 6.07) is 9.19. The van der Waals surface area contributed by atoms with Gasteiger partial charge in [-0.3, -0.25) is 14.5 Å². The van der Waals surface area contributed by atoms with Crippen molar-refractivity contribution in [1.82, 2.24) is 24.3 Å². The fourth-order valence-corrected chi connectivity index (χ4v) is 5.37. The fourth-order valence-electron chi connectivity index (χ4n) is 5.37. The van der Waals surface area contributed by atoms with Crippen LogP contribution < -0.4 is 9.64 Å². The highest BCUT2D eigenvalue weighted by atomic mass is 19.4. The van der Waals surface area contributed by atoms with E-state index in [0.29, 0.717) is 52.2 Å². The molecule has 0 aliphatic carbocycles. The number of carbonyl (C=O) groups excluding carboxylic acids is 1. The Morgan fingerprint density at radius 3 is 2.60 bits per heavy atom. The van der Waals surface area contributed by atoms with Crippen molar-refractivity contribution in [1.29, 1.82) is 0 Å². The van der Waals surface area contributed by atoms with Gasteiger partial charge in [0, 0.05) is 55.2 Å². The number of fused-ring (bicyclic) bond motifs is 2. The molecule has 0 bridgehead atoms. The van der Waals surface area contributed by atoms with Crippen molar-refractivity contribution in [3.8, 4) is 16.9 Å². The van der Waals surface area contributed by atoms with E-state index < -0.39 is 11.9 Å². The summed E-state index contributed by atoms with van der Waals surface area (Å²) in [5.74, 6) is 0.269. The number of methoxy groups -OCH3 is 1. The molecule has 1 aliphatic heterocycles. The molecule has 0 unspecified atom stereocenters. The van der Waals surface area contributed by atoms with Crippen LogP contribution in [0, 0.1) is 6.92 Å². The van der Waals surface area contributed by atoms with E-state index in [9.17, 15) is 18.0 Å². The SMILES string of the molecule is COc1cnc2cc(C)cc(N3CCc4c(cc(Cn5ccnc5)cc4-c4cn(C)nc4C(F)(F)F)C3=O)c2c1. The van der Waals surface area contributed by atoms with Gasteiger partial charge in [0.05, 0.1) is 30.8 Å². The number of amides is 1. The van der Waals surface area contributed by atoms with Crippen LogP contribution in [0.3, 0.4) is 0 Å². The maximum atomic E-state index is 14.2. The Balaban J connectivity index is 1.53. The van der Waals surface area contributed by atoms with Crippen LogP contribution >= 0.6 is 0 Å². The molecule has 4 heterocycles. The van der Waals surface area contributed by atoms with E-state index in [4.69, 9.17) is 4.74 Å². The van der Waals surface area contributed by atoms with E-state index in [-0.39, 0.29) is 18.0 Å². The first-order valence-electron chi connectivity index (χ1n) is 12.6. The summed E-state index contributed by atoms with van der Waals surface area (Å²) in [6.07, 6.45) is 3.71. The third-order valence-corrected chi connectivity index (χ3v) is 7.11. The number of alkyl halides is 3. The number of hydrogen-bond acceptors (Lipinski definition) is 5. The van der Waals surface area contributed by atoms with Crippen LogP contribution in [0.25, 0.3) is 22.0 Å². The summed E-state index contributed by atoms with van der Waals surface area (Å²) >= 11 is 0. The van der Waals surface area contributed by atoms with Gasteiger partial charge in [0.2, 0.25) is 0 Å². The Morgan fingerprint density at radius 2 is 1.88 bits per heavy atom. The molecule has 0 atom stereocenters. The Kier molecular flexibility index (Phi) is 6.09. The Morgan fingerprint density at radius 1 is 1.07 bits per heavy atom. The molecular weight excluding hydrogens is 521 g/mol. The van der Waals surface area contributed by atoms with Gasteiger partial charge in [-0.25, -0.2) is 4.98 Å². The number of ether oxygens (including phenoxy) is 1. The molecule has 5 aromatic rings. The van der Waals surface area contributed by atoms with E-state index in [1.165, 1.54) is 13.2 Å². The van der Waals surface area contributed by atoms with Gasteiger partial charge in [-0.15, -0.1) is 0 Å². The second kappa shape index (κ2) is 9.51. The summed E-state index contributed by atoms with van der Waals surface area (Å²) in [7, 11) is 3.01. The summed E-state index contributed by atoms with van der Waals surface area (Å²) < 4.78 is 50.4. The van der Waals surface area contributed by atoms with Crippen LogP contribution in [0.2, 0.25) is 0 Å². The lowest BCUT2D eigenvalue weighted by molar-refractivity contribution is -0.140. The van der Waals surface area contributed by atoms with Gasteiger partial charge in [-0.1, -0.05) is 0 Å². The zero-order valence-electron chi connectivity index (χ0n) is 22.0. The lowest BCUT2D eigenvalue weighted by Gasteiger charge is -2.31. The number of nitrogens with zero attached hydrogens (tertiary/aromatic N) is 6. The highest BCUT2D eigenvalue weighted by molar-refractivity contribution is 6.13. The molecule has 204 valence electrons. The van der Waals surface area contributed by atoms with Crippen molar-refractivity contribution in [2.45, 2.75) is 26.1 Å². The Hall–Kier alpha value is -4.67. The maximum Gasteiger partial charge on any atom is 0.435 e. The molecule has 0 fully saturated rings. The van der Waals surface area contributed by atoms with Crippen LogP contribution in [0.4, 0.5) is 18.9 Å². The zero-order chi connectivity index (χ0) is 28.2. The molecular formula is C29H25F3N6O2. The predicted molar refractivity (Wildman–Crippen MR) is 143 cm³/mol. The van der Waals surface area contributed by atoms with E-state index in [2.05, 4.69) is 15.1 Å². The first-order chi connectivity index (χ1) is 19.1. The van der Waals surface area contributed by atoms with Crippen LogP contribution in [-0.4, -0.2) is 43.9 Å². The van der Waals surface area contributed by atoms with Gasteiger partial charge in [-0.2, -0.15) is 18.3 Å². The number of rotatable bonds is 5. The minimum Gasteiger partial charge on any atom is -0.495 e. The molecule has 0 spiro atoms. The van der Waals surface area contributed by atoms with E-state index in [0.717, 1.165) is 15.6 Å². The van der Waals surface area contributed by atoms with Crippen LogP contribution in [0.15, 0.2) is 61.4 Å². The third-order valence-electron chi connectivity index (χ3n) is 7.11. The van der Waals surface area contributed by atoms with Crippen molar-refractivity contribution < 1.29 is 22.7 Å². The molecule has 2 aromatic carbocycles. The number of aryl methyl sites for hydroxylation is 2. The van der Waals surface area contributed by atoms with Gasteiger partial charge in [0.1, 0.15) is 5.75 Å². The standard InChI is InChI=1S/C29H25F3N6O2/c1-17-8-25-23(12-19(40-3)13-34-25)26(9-17)38-6-4-20-21(24-15-36(2)35-27(24)29(30,31)32)10-18(11-22(20)28(38)39)14-37-7-5-33-16-37/h5,7-13,15-16H,4,6,14H2,1-3H3.